The quantitative estimate of drug-likeness (QED) is 0.831. The molecular formula is C19H29Cl2N3O3. The summed E-state index contributed by atoms with van der Waals surface area (Å²) in [6.45, 7) is 5.90. The molecule has 0 atom stereocenters. The fourth-order valence-electron chi connectivity index (χ4n) is 4.40. The van der Waals surface area contributed by atoms with Gasteiger partial charge >= 0.3 is 5.69 Å². The van der Waals surface area contributed by atoms with Crippen LogP contribution in [-0.2, 0) is 4.74 Å². The largest absolute Gasteiger partial charge is 0.496 e. The fraction of sp³-hybridized carbons (Fsp3) is 0.632. The van der Waals surface area contributed by atoms with Gasteiger partial charge in [0.05, 0.1) is 18.1 Å². The van der Waals surface area contributed by atoms with Crippen LogP contribution in [0.2, 0.25) is 0 Å². The molecule has 2 fully saturated rings. The van der Waals surface area contributed by atoms with E-state index in [0.29, 0.717) is 6.04 Å². The Morgan fingerprint density at radius 1 is 1.07 bits per heavy atom. The maximum atomic E-state index is 12.6. The molecule has 0 saturated carbocycles. The zero-order valence-corrected chi connectivity index (χ0v) is 17.5. The Balaban J connectivity index is 0.00000131. The molecular weight excluding hydrogens is 389 g/mol. The monoisotopic (exact) mass is 417 g/mol. The lowest BCUT2D eigenvalue weighted by atomic mass is 9.99. The Morgan fingerprint density at radius 2 is 1.74 bits per heavy atom. The van der Waals surface area contributed by atoms with E-state index in [4.69, 9.17) is 9.47 Å². The van der Waals surface area contributed by atoms with Crippen LogP contribution in [0.1, 0.15) is 37.3 Å². The van der Waals surface area contributed by atoms with Crippen molar-refractivity contribution in [3.05, 3.63) is 28.2 Å². The molecule has 1 aromatic carbocycles. The summed E-state index contributed by atoms with van der Waals surface area (Å²) in [5.74, 6) is 0.815. The maximum Gasteiger partial charge on any atom is 0.326 e. The van der Waals surface area contributed by atoms with Gasteiger partial charge in [0.1, 0.15) is 5.75 Å². The van der Waals surface area contributed by atoms with E-state index in [-0.39, 0.29) is 36.5 Å². The van der Waals surface area contributed by atoms with Crippen molar-refractivity contribution in [1.29, 1.82) is 0 Å². The molecule has 2 saturated heterocycles. The van der Waals surface area contributed by atoms with E-state index < -0.39 is 0 Å². The zero-order valence-electron chi connectivity index (χ0n) is 15.9. The highest BCUT2D eigenvalue weighted by Gasteiger charge is 2.28. The first-order chi connectivity index (χ1) is 12.2. The van der Waals surface area contributed by atoms with Crippen molar-refractivity contribution >= 4 is 35.8 Å². The first kappa shape index (κ1) is 22.1. The Kier molecular flexibility index (Phi) is 7.63. The lowest BCUT2D eigenvalue weighted by molar-refractivity contribution is 0.0220. The van der Waals surface area contributed by atoms with Gasteiger partial charge in [-0.2, -0.15) is 0 Å². The molecule has 0 unspecified atom stereocenters. The molecule has 0 aliphatic carbocycles. The molecule has 2 aliphatic heterocycles. The molecule has 0 amide bonds. The number of H-pyrrole nitrogens is 1. The van der Waals surface area contributed by atoms with Crippen molar-refractivity contribution in [2.24, 2.45) is 0 Å². The number of aryl methyl sites for hydroxylation is 1. The Labute approximate surface area is 172 Å². The summed E-state index contributed by atoms with van der Waals surface area (Å²) in [6.07, 6.45) is 4.32. The Morgan fingerprint density at radius 3 is 2.37 bits per heavy atom. The van der Waals surface area contributed by atoms with Gasteiger partial charge in [-0.3, -0.25) is 4.57 Å². The number of rotatable bonds is 3. The minimum Gasteiger partial charge on any atom is -0.496 e. The number of halogens is 2. The predicted octanol–water partition coefficient (Wildman–Crippen LogP) is 3.31. The smallest absolute Gasteiger partial charge is 0.326 e. The van der Waals surface area contributed by atoms with Gasteiger partial charge in [-0.15, -0.1) is 24.8 Å². The van der Waals surface area contributed by atoms with Gasteiger partial charge in [0, 0.05) is 44.5 Å². The molecule has 4 rings (SSSR count). The second-order valence-electron chi connectivity index (χ2n) is 7.25. The normalized spacial score (nSPS) is 19.5. The predicted molar refractivity (Wildman–Crippen MR) is 112 cm³/mol. The van der Waals surface area contributed by atoms with E-state index in [1.807, 2.05) is 17.6 Å². The van der Waals surface area contributed by atoms with Crippen molar-refractivity contribution in [3.8, 4) is 5.75 Å². The van der Waals surface area contributed by atoms with Crippen LogP contribution in [0.25, 0.3) is 11.0 Å². The van der Waals surface area contributed by atoms with E-state index in [0.717, 1.165) is 74.3 Å². The number of hydrogen-bond donors (Lipinski definition) is 1. The lowest BCUT2D eigenvalue weighted by Gasteiger charge is -2.39. The van der Waals surface area contributed by atoms with Crippen LogP contribution in [0.3, 0.4) is 0 Å². The Bertz CT molecular complexity index is 806. The van der Waals surface area contributed by atoms with Gasteiger partial charge in [0.15, 0.2) is 0 Å². The third kappa shape index (κ3) is 4.29. The Hall–Kier alpha value is -1.21. The summed E-state index contributed by atoms with van der Waals surface area (Å²) in [4.78, 5) is 18.2. The number of piperidine rings is 1. The van der Waals surface area contributed by atoms with Crippen molar-refractivity contribution in [1.82, 2.24) is 14.5 Å². The second-order valence-corrected chi connectivity index (χ2v) is 7.25. The van der Waals surface area contributed by atoms with Crippen LogP contribution in [0, 0.1) is 6.92 Å². The van der Waals surface area contributed by atoms with Gasteiger partial charge < -0.3 is 19.4 Å². The van der Waals surface area contributed by atoms with E-state index >= 15 is 0 Å². The minimum atomic E-state index is -0.00725. The first-order valence-electron chi connectivity index (χ1n) is 9.28. The highest BCUT2D eigenvalue weighted by atomic mass is 35.5. The summed E-state index contributed by atoms with van der Waals surface area (Å²) in [6, 6.07) is 4.92. The number of ether oxygens (including phenoxy) is 2. The van der Waals surface area contributed by atoms with Crippen LogP contribution in [0.5, 0.6) is 5.75 Å². The number of aromatic nitrogens is 2. The van der Waals surface area contributed by atoms with Crippen LogP contribution >= 0.6 is 24.8 Å². The van der Waals surface area contributed by atoms with E-state index in [9.17, 15) is 4.79 Å². The first-order valence-corrected chi connectivity index (χ1v) is 9.28. The molecule has 2 aromatic rings. The van der Waals surface area contributed by atoms with E-state index in [1.54, 1.807) is 7.11 Å². The second kappa shape index (κ2) is 9.32. The van der Waals surface area contributed by atoms with E-state index in [1.165, 1.54) is 0 Å². The standard InChI is InChI=1S/C19H27N3O3.2ClH/c1-13-11-17-16(12-18(13)24-2)20-19(23)22(17)15-3-7-21(8-4-15)14-5-9-25-10-6-14;;/h11-12,14-15H,3-10H2,1-2H3,(H,20,23);2*1H. The molecule has 2 aliphatic rings. The minimum absolute atomic E-state index is 0. The molecule has 152 valence electrons. The lowest BCUT2D eigenvalue weighted by Crippen LogP contribution is -2.45. The summed E-state index contributed by atoms with van der Waals surface area (Å²) in [5.41, 5.74) is 2.90. The van der Waals surface area contributed by atoms with Gasteiger partial charge in [-0.05, 0) is 44.2 Å². The topological polar surface area (TPSA) is 59.5 Å². The van der Waals surface area contributed by atoms with Crippen molar-refractivity contribution < 1.29 is 9.47 Å². The number of methoxy groups -OCH3 is 1. The summed E-state index contributed by atoms with van der Waals surface area (Å²) in [5, 5.41) is 0. The number of benzene rings is 1. The van der Waals surface area contributed by atoms with Gasteiger partial charge in [-0.1, -0.05) is 0 Å². The average molecular weight is 418 g/mol. The van der Waals surface area contributed by atoms with Gasteiger partial charge in [0.25, 0.3) is 0 Å². The molecule has 8 heteroatoms. The summed E-state index contributed by atoms with van der Waals surface area (Å²) < 4.78 is 12.8. The summed E-state index contributed by atoms with van der Waals surface area (Å²) in [7, 11) is 1.66. The van der Waals surface area contributed by atoms with Gasteiger partial charge in [-0.25, -0.2) is 4.79 Å². The maximum absolute atomic E-state index is 12.6. The SMILES string of the molecule is COc1cc2[nH]c(=O)n(C3CCN(C4CCOCC4)CC3)c2cc1C.Cl.Cl. The number of nitrogens with one attached hydrogen (secondary N) is 1. The number of nitrogens with zero attached hydrogens (tertiary/aromatic N) is 2. The van der Waals surface area contributed by atoms with Crippen LogP contribution in [0.15, 0.2) is 16.9 Å². The zero-order chi connectivity index (χ0) is 17.4. The molecule has 1 aromatic heterocycles. The number of hydrogen-bond acceptors (Lipinski definition) is 4. The molecule has 0 radical (unpaired) electrons. The van der Waals surface area contributed by atoms with Crippen LogP contribution in [0.4, 0.5) is 0 Å². The number of fused-ring (bicyclic) bond motifs is 1. The van der Waals surface area contributed by atoms with E-state index in [2.05, 4.69) is 16.0 Å². The van der Waals surface area contributed by atoms with Gasteiger partial charge in [0.2, 0.25) is 0 Å². The average Bonchev–Trinajstić information content (AvgIpc) is 2.96. The third-order valence-corrected chi connectivity index (χ3v) is 5.80. The van der Waals surface area contributed by atoms with Crippen molar-refractivity contribution in [2.45, 2.75) is 44.7 Å². The number of likely N-dealkylation sites (tertiary alicyclic amines) is 1. The molecule has 27 heavy (non-hydrogen) atoms. The molecule has 1 N–H and O–H groups in total. The highest BCUT2D eigenvalue weighted by molar-refractivity contribution is 5.85. The number of imidazole rings is 1. The molecule has 0 spiro atoms. The molecule has 3 heterocycles. The fourth-order valence-corrected chi connectivity index (χ4v) is 4.40. The molecule has 6 nitrogen and oxygen atoms in total. The van der Waals surface area contributed by atoms with Crippen molar-refractivity contribution in [2.75, 3.05) is 33.4 Å². The van der Waals surface area contributed by atoms with Crippen molar-refractivity contribution in [3.63, 3.8) is 0 Å². The number of aromatic amines is 1. The third-order valence-electron chi connectivity index (χ3n) is 5.80. The van der Waals surface area contributed by atoms with Crippen LogP contribution in [-0.4, -0.2) is 53.9 Å². The summed E-state index contributed by atoms with van der Waals surface area (Å²) >= 11 is 0. The highest BCUT2D eigenvalue weighted by Crippen LogP contribution is 2.30. The van der Waals surface area contributed by atoms with Crippen LogP contribution < -0.4 is 10.4 Å². The molecule has 0 bridgehead atoms.